The zero-order valence-corrected chi connectivity index (χ0v) is 15.9. The van der Waals surface area contributed by atoms with Gasteiger partial charge in [-0.3, -0.25) is 9.59 Å². The van der Waals surface area contributed by atoms with E-state index >= 15 is 0 Å². The quantitative estimate of drug-likeness (QED) is 0.919. The van der Waals surface area contributed by atoms with E-state index in [1.807, 2.05) is 39.0 Å². The van der Waals surface area contributed by atoms with Crippen LogP contribution in [0.25, 0.3) is 0 Å². The molecule has 6 nitrogen and oxygen atoms in total. The number of piperidine rings is 1. The summed E-state index contributed by atoms with van der Waals surface area (Å²) in [5.41, 5.74) is 2.58. The van der Waals surface area contributed by atoms with Gasteiger partial charge in [0.1, 0.15) is 11.4 Å². The number of anilines is 1. The fourth-order valence-corrected chi connectivity index (χ4v) is 3.42. The lowest BCUT2D eigenvalue weighted by atomic mass is 10.0. The Bertz CT molecular complexity index is 874. The second kappa shape index (κ2) is 7.32. The van der Waals surface area contributed by atoms with Gasteiger partial charge in [0.2, 0.25) is 0 Å². The van der Waals surface area contributed by atoms with Crippen molar-refractivity contribution >= 4 is 11.7 Å². The van der Waals surface area contributed by atoms with Crippen LogP contribution in [0.1, 0.15) is 40.2 Å². The van der Waals surface area contributed by atoms with E-state index in [0.29, 0.717) is 0 Å². The molecule has 1 unspecified atom stereocenters. The highest BCUT2D eigenvalue weighted by atomic mass is 16.2. The zero-order chi connectivity index (χ0) is 18.8. The Hall–Kier alpha value is -2.63. The number of aromatic nitrogens is 2. The summed E-state index contributed by atoms with van der Waals surface area (Å²) >= 11 is 0. The number of rotatable bonds is 3. The third-order valence-electron chi connectivity index (χ3n) is 5.19. The van der Waals surface area contributed by atoms with Crippen molar-refractivity contribution in [1.29, 1.82) is 0 Å². The van der Waals surface area contributed by atoms with Crippen LogP contribution in [0.3, 0.4) is 0 Å². The molecule has 26 heavy (non-hydrogen) atoms. The molecule has 138 valence electrons. The smallest absolute Gasteiger partial charge is 0.261 e. The van der Waals surface area contributed by atoms with Crippen molar-refractivity contribution in [2.75, 3.05) is 25.0 Å². The molecular formula is C20H26N4O2. The van der Waals surface area contributed by atoms with Gasteiger partial charge >= 0.3 is 0 Å². The lowest BCUT2D eigenvalue weighted by molar-refractivity contribution is 0.0715. The largest absolute Gasteiger partial charge is 0.355 e. The van der Waals surface area contributed by atoms with Crippen molar-refractivity contribution in [2.45, 2.75) is 39.7 Å². The van der Waals surface area contributed by atoms with Gasteiger partial charge < -0.3 is 14.8 Å². The molecule has 3 heterocycles. The average molecular weight is 354 g/mol. The van der Waals surface area contributed by atoms with Gasteiger partial charge in [0.25, 0.3) is 11.5 Å². The summed E-state index contributed by atoms with van der Waals surface area (Å²) < 4.78 is 0. The lowest BCUT2D eigenvalue weighted by Gasteiger charge is -2.38. The van der Waals surface area contributed by atoms with Gasteiger partial charge in [-0.05, 0) is 57.4 Å². The van der Waals surface area contributed by atoms with Crippen LogP contribution in [-0.4, -0.2) is 47.0 Å². The summed E-state index contributed by atoms with van der Waals surface area (Å²) in [6, 6.07) is 7.73. The van der Waals surface area contributed by atoms with E-state index < -0.39 is 0 Å². The first-order chi connectivity index (χ1) is 12.4. The van der Waals surface area contributed by atoms with E-state index in [4.69, 9.17) is 0 Å². The highest BCUT2D eigenvalue weighted by molar-refractivity contribution is 5.94. The van der Waals surface area contributed by atoms with Gasteiger partial charge in [-0.1, -0.05) is 6.07 Å². The van der Waals surface area contributed by atoms with E-state index in [0.717, 1.165) is 48.7 Å². The molecule has 1 aliphatic rings. The summed E-state index contributed by atoms with van der Waals surface area (Å²) in [6.07, 6.45) is 1.91. The van der Waals surface area contributed by atoms with Crippen molar-refractivity contribution in [3.8, 4) is 0 Å². The lowest BCUT2D eigenvalue weighted by Crippen LogP contribution is -2.49. The Labute approximate surface area is 153 Å². The molecule has 1 fully saturated rings. The number of carbonyl (C=O) groups excluding carboxylic acids is 1. The zero-order valence-electron chi connectivity index (χ0n) is 15.9. The molecule has 6 heteroatoms. The normalized spacial score (nSPS) is 17.2. The standard InChI is InChI=1S/C20H26N4O2/c1-13-11-17(19(25)22-15(13)3)20(26)23(4)16-8-6-10-24(12-16)18-9-5-7-14(2)21-18/h5,7,9,11,16H,6,8,10,12H2,1-4H3,(H,22,25). The molecule has 1 aliphatic heterocycles. The minimum atomic E-state index is -0.321. The first kappa shape index (κ1) is 18.2. The van der Waals surface area contributed by atoms with E-state index in [1.54, 1.807) is 18.0 Å². The van der Waals surface area contributed by atoms with Gasteiger partial charge in [0.05, 0.1) is 0 Å². The summed E-state index contributed by atoms with van der Waals surface area (Å²) in [6.45, 7) is 7.36. The maximum atomic E-state index is 12.9. The molecule has 0 aromatic carbocycles. The molecule has 0 radical (unpaired) electrons. The van der Waals surface area contributed by atoms with Gasteiger partial charge in [-0.25, -0.2) is 4.98 Å². The third kappa shape index (κ3) is 3.64. The molecule has 1 N–H and O–H groups in total. The van der Waals surface area contributed by atoms with Crippen LogP contribution in [0.2, 0.25) is 0 Å². The molecular weight excluding hydrogens is 328 g/mol. The van der Waals surface area contributed by atoms with Crippen LogP contribution >= 0.6 is 0 Å². The van der Waals surface area contributed by atoms with E-state index in [-0.39, 0.29) is 23.1 Å². The average Bonchev–Trinajstić information content (AvgIpc) is 2.63. The molecule has 1 atom stereocenters. The van der Waals surface area contributed by atoms with Crippen molar-refractivity contribution in [2.24, 2.45) is 0 Å². The van der Waals surface area contributed by atoms with Crippen molar-refractivity contribution in [3.63, 3.8) is 0 Å². The third-order valence-corrected chi connectivity index (χ3v) is 5.19. The summed E-state index contributed by atoms with van der Waals surface area (Å²) in [7, 11) is 1.79. The van der Waals surface area contributed by atoms with Gasteiger partial charge in [-0.15, -0.1) is 0 Å². The fourth-order valence-electron chi connectivity index (χ4n) is 3.42. The second-order valence-corrected chi connectivity index (χ2v) is 7.12. The molecule has 0 spiro atoms. The Morgan fingerprint density at radius 3 is 2.81 bits per heavy atom. The number of nitrogens with zero attached hydrogens (tertiary/aromatic N) is 3. The van der Waals surface area contributed by atoms with Crippen LogP contribution < -0.4 is 10.5 Å². The maximum Gasteiger partial charge on any atom is 0.261 e. The molecule has 0 aliphatic carbocycles. The topological polar surface area (TPSA) is 69.3 Å². The fraction of sp³-hybridized carbons (Fsp3) is 0.450. The number of nitrogens with one attached hydrogen (secondary N) is 1. The Morgan fingerprint density at radius 2 is 2.08 bits per heavy atom. The number of amides is 1. The number of pyridine rings is 2. The van der Waals surface area contributed by atoms with Crippen molar-refractivity contribution < 1.29 is 4.79 Å². The first-order valence-electron chi connectivity index (χ1n) is 9.03. The molecule has 2 aromatic heterocycles. The van der Waals surface area contributed by atoms with Crippen molar-refractivity contribution in [1.82, 2.24) is 14.9 Å². The van der Waals surface area contributed by atoms with Crippen LogP contribution in [0, 0.1) is 20.8 Å². The predicted octanol–water partition coefficient (Wildman–Crippen LogP) is 2.44. The number of hydrogen-bond acceptors (Lipinski definition) is 4. The minimum absolute atomic E-state index is 0.0552. The molecule has 1 amide bonds. The van der Waals surface area contributed by atoms with Crippen LogP contribution in [0.5, 0.6) is 0 Å². The van der Waals surface area contributed by atoms with Crippen LogP contribution in [0.4, 0.5) is 5.82 Å². The Balaban J connectivity index is 1.79. The number of carbonyl (C=O) groups is 1. The second-order valence-electron chi connectivity index (χ2n) is 7.12. The number of H-pyrrole nitrogens is 1. The highest BCUT2D eigenvalue weighted by Crippen LogP contribution is 2.21. The highest BCUT2D eigenvalue weighted by Gasteiger charge is 2.28. The van der Waals surface area contributed by atoms with Gasteiger partial charge in [-0.2, -0.15) is 0 Å². The summed E-state index contributed by atoms with van der Waals surface area (Å²) in [5.74, 6) is 0.720. The molecule has 2 aromatic rings. The SMILES string of the molecule is Cc1cccc(N2CCCC(N(C)C(=O)c3cc(C)c(C)[nH]c3=O)C2)n1. The molecule has 0 bridgehead atoms. The Morgan fingerprint density at radius 1 is 1.31 bits per heavy atom. The minimum Gasteiger partial charge on any atom is -0.355 e. The van der Waals surface area contributed by atoms with Gasteiger partial charge in [0, 0.05) is 37.6 Å². The summed E-state index contributed by atoms with van der Waals surface area (Å²) in [4.78, 5) is 36.4. The van der Waals surface area contributed by atoms with Crippen LogP contribution in [-0.2, 0) is 0 Å². The molecule has 1 saturated heterocycles. The monoisotopic (exact) mass is 354 g/mol. The van der Waals surface area contributed by atoms with E-state index in [2.05, 4.69) is 14.9 Å². The maximum absolute atomic E-state index is 12.9. The number of hydrogen-bond donors (Lipinski definition) is 1. The van der Waals surface area contributed by atoms with E-state index in [1.165, 1.54) is 0 Å². The number of aryl methyl sites for hydroxylation is 3. The van der Waals surface area contributed by atoms with Gasteiger partial charge in [0.15, 0.2) is 0 Å². The van der Waals surface area contributed by atoms with Crippen molar-refractivity contribution in [3.05, 3.63) is 57.1 Å². The van der Waals surface area contributed by atoms with Crippen LogP contribution in [0.15, 0.2) is 29.1 Å². The van der Waals surface area contributed by atoms with E-state index in [9.17, 15) is 9.59 Å². The predicted molar refractivity (Wildman–Crippen MR) is 103 cm³/mol. The number of likely N-dealkylation sites (N-methyl/N-ethyl adjacent to an activating group) is 1. The first-order valence-corrected chi connectivity index (χ1v) is 9.03. The molecule has 3 rings (SSSR count). The number of aromatic amines is 1. The molecule has 0 saturated carbocycles. The Kier molecular flexibility index (Phi) is 5.11. The summed E-state index contributed by atoms with van der Waals surface area (Å²) in [5, 5.41) is 0.